The zero-order valence-corrected chi connectivity index (χ0v) is 11.0. The maximum atomic E-state index is 4.40. The Morgan fingerprint density at radius 2 is 1.62 bits per heavy atom. The van der Waals surface area contributed by atoms with Crippen LogP contribution in [-0.2, 0) is 0 Å². The van der Waals surface area contributed by atoms with Gasteiger partial charge >= 0.3 is 0 Å². The van der Waals surface area contributed by atoms with Gasteiger partial charge in [0.25, 0.3) is 0 Å². The fourth-order valence-electron chi connectivity index (χ4n) is 2.20. The molecule has 16 heavy (non-hydrogen) atoms. The molecule has 0 aliphatic carbocycles. The van der Waals surface area contributed by atoms with Gasteiger partial charge in [-0.2, -0.15) is 0 Å². The third-order valence-electron chi connectivity index (χ3n) is 2.71. The summed E-state index contributed by atoms with van der Waals surface area (Å²) < 4.78 is 0. The normalized spacial score (nSPS) is 10.8. The molecule has 1 heterocycles. The number of benzene rings is 1. The first kappa shape index (κ1) is 11.3. The maximum Gasteiger partial charge on any atom is 0.0903 e. The van der Waals surface area contributed by atoms with E-state index in [0.717, 1.165) is 10.7 Å². The topological polar surface area (TPSA) is 12.9 Å². The fourth-order valence-corrected chi connectivity index (χ4v) is 3.24. The number of rotatable bonds is 1. The van der Waals surface area contributed by atoms with E-state index in [-0.39, 0.29) is 0 Å². The minimum atomic E-state index is 0.901. The summed E-state index contributed by atoms with van der Waals surface area (Å²) >= 11 is 1.73. The molecule has 0 unspecified atom stereocenters. The van der Waals surface area contributed by atoms with Gasteiger partial charge in [0.05, 0.1) is 15.6 Å². The van der Waals surface area contributed by atoms with Crippen LogP contribution in [0.25, 0.3) is 10.4 Å². The van der Waals surface area contributed by atoms with Crippen molar-refractivity contribution < 1.29 is 0 Å². The Labute approximate surface area is 101 Å². The van der Waals surface area contributed by atoms with Crippen molar-refractivity contribution in [1.82, 2.24) is 4.98 Å². The van der Waals surface area contributed by atoms with Crippen LogP contribution in [0, 0.1) is 34.6 Å². The van der Waals surface area contributed by atoms with Crippen LogP contribution in [0.3, 0.4) is 0 Å². The Hall–Kier alpha value is -1.15. The first-order valence-electron chi connectivity index (χ1n) is 5.36. The smallest absolute Gasteiger partial charge is 0.0903 e. The van der Waals surface area contributed by atoms with Gasteiger partial charge in [-0.25, -0.2) is 4.98 Å². The molecule has 2 heteroatoms. The number of thiazole rings is 1. The highest BCUT2D eigenvalue weighted by Gasteiger charge is 2.12. The molecule has 1 nitrogen and oxygen atoms in total. The number of aryl methyl sites for hydroxylation is 4. The van der Waals surface area contributed by atoms with Gasteiger partial charge in [0.2, 0.25) is 0 Å². The van der Waals surface area contributed by atoms with Crippen LogP contribution >= 0.6 is 11.3 Å². The van der Waals surface area contributed by atoms with Crippen molar-refractivity contribution in [3.05, 3.63) is 46.4 Å². The first-order chi connectivity index (χ1) is 7.49. The van der Waals surface area contributed by atoms with Crippen LogP contribution in [0.5, 0.6) is 0 Å². The van der Waals surface area contributed by atoms with Gasteiger partial charge in [-0.3, -0.25) is 0 Å². The Bertz CT molecular complexity index is 515. The lowest BCUT2D eigenvalue weighted by atomic mass is 9.98. The van der Waals surface area contributed by atoms with Crippen LogP contribution in [0.4, 0.5) is 0 Å². The van der Waals surface area contributed by atoms with E-state index < -0.39 is 0 Å². The molecule has 0 bridgehead atoms. The minimum absolute atomic E-state index is 0.901. The lowest BCUT2D eigenvalue weighted by molar-refractivity contribution is 1.25. The molecule has 0 N–H and O–H groups in total. The highest BCUT2D eigenvalue weighted by molar-refractivity contribution is 7.15. The fraction of sp³-hybridized carbons (Fsp3) is 0.286. The lowest BCUT2D eigenvalue weighted by Crippen LogP contribution is -1.89. The van der Waals surface area contributed by atoms with Gasteiger partial charge < -0.3 is 0 Å². The van der Waals surface area contributed by atoms with Crippen molar-refractivity contribution in [3.8, 4) is 10.4 Å². The van der Waals surface area contributed by atoms with E-state index in [9.17, 15) is 0 Å². The highest BCUT2D eigenvalue weighted by Crippen LogP contribution is 2.34. The molecule has 83 valence electrons. The van der Waals surface area contributed by atoms with Crippen molar-refractivity contribution in [2.45, 2.75) is 27.7 Å². The molecule has 0 spiro atoms. The molecule has 0 fully saturated rings. The summed E-state index contributed by atoms with van der Waals surface area (Å²) in [4.78, 5) is 5.61. The molecule has 1 aromatic heterocycles. The van der Waals surface area contributed by atoms with E-state index >= 15 is 0 Å². The van der Waals surface area contributed by atoms with E-state index in [0.29, 0.717) is 0 Å². The summed E-state index contributed by atoms with van der Waals surface area (Å²) in [6.07, 6.45) is 0. The molecule has 1 aromatic carbocycles. The van der Waals surface area contributed by atoms with Gasteiger partial charge in [0.15, 0.2) is 0 Å². The second-order valence-electron chi connectivity index (χ2n) is 4.28. The second kappa shape index (κ2) is 4.02. The third kappa shape index (κ3) is 1.90. The molecule has 2 aromatic rings. The molecular weight excluding hydrogens is 214 g/mol. The van der Waals surface area contributed by atoms with Gasteiger partial charge in [0, 0.05) is 0 Å². The summed E-state index contributed by atoms with van der Waals surface area (Å²) in [5, 5.41) is 1.08. The van der Waals surface area contributed by atoms with Crippen molar-refractivity contribution in [3.63, 3.8) is 0 Å². The first-order valence-corrected chi connectivity index (χ1v) is 6.18. The summed E-state index contributed by atoms with van der Waals surface area (Å²) in [5.41, 5.74) is 6.14. The van der Waals surface area contributed by atoms with E-state index in [1.165, 1.54) is 27.1 Å². The highest BCUT2D eigenvalue weighted by atomic mass is 32.1. The summed E-state index contributed by atoms with van der Waals surface area (Å²) in [6, 6.07) is 4.44. The molecule has 0 saturated carbocycles. The van der Waals surface area contributed by atoms with Crippen molar-refractivity contribution >= 4 is 11.3 Å². The predicted molar refractivity (Wildman–Crippen MR) is 71.0 cm³/mol. The van der Waals surface area contributed by atoms with E-state index in [1.807, 2.05) is 6.92 Å². The summed E-state index contributed by atoms with van der Waals surface area (Å²) in [5.74, 6) is 0. The zero-order valence-electron chi connectivity index (χ0n) is 10.2. The molecule has 1 radical (unpaired) electrons. The molecule has 2 rings (SSSR count). The van der Waals surface area contributed by atoms with Gasteiger partial charge in [-0.1, -0.05) is 17.7 Å². The average molecular weight is 230 g/mol. The summed E-state index contributed by atoms with van der Waals surface area (Å²) in [6.45, 7) is 12.5. The molecule has 0 atom stereocenters. The number of aromatic nitrogens is 1. The zero-order chi connectivity index (χ0) is 11.9. The predicted octanol–water partition coefficient (Wildman–Crippen LogP) is 4.23. The van der Waals surface area contributed by atoms with Crippen molar-refractivity contribution in [2.75, 3.05) is 0 Å². The van der Waals surface area contributed by atoms with Crippen molar-refractivity contribution in [2.24, 2.45) is 0 Å². The molecule has 0 saturated heterocycles. The van der Waals surface area contributed by atoms with Crippen LogP contribution < -0.4 is 0 Å². The maximum absolute atomic E-state index is 4.40. The Morgan fingerprint density at radius 3 is 2.06 bits per heavy atom. The van der Waals surface area contributed by atoms with Gasteiger partial charge in [0.1, 0.15) is 0 Å². The number of hydrogen-bond donors (Lipinski definition) is 0. The van der Waals surface area contributed by atoms with E-state index in [1.54, 1.807) is 11.3 Å². The standard InChI is InChI=1S/C14H16NS/c1-8-6-9(2)13(10(3)7-8)14-11(4)15-12(5)16-14/h6-7H,4H2,1-3,5H3. The minimum Gasteiger partial charge on any atom is -0.246 e. The number of hydrogen-bond acceptors (Lipinski definition) is 2. The Kier molecular flexibility index (Phi) is 2.85. The van der Waals surface area contributed by atoms with Gasteiger partial charge in [-0.05, 0) is 51.3 Å². The summed E-state index contributed by atoms with van der Waals surface area (Å²) in [7, 11) is 0. The van der Waals surface area contributed by atoms with E-state index in [2.05, 4.69) is 44.8 Å². The third-order valence-corrected chi connectivity index (χ3v) is 3.74. The monoisotopic (exact) mass is 230 g/mol. The van der Waals surface area contributed by atoms with Crippen LogP contribution in [0.15, 0.2) is 12.1 Å². The largest absolute Gasteiger partial charge is 0.246 e. The average Bonchev–Trinajstić information content (AvgIpc) is 2.43. The molecule has 0 aliphatic heterocycles. The van der Waals surface area contributed by atoms with Crippen molar-refractivity contribution in [1.29, 1.82) is 0 Å². The number of nitrogens with zero attached hydrogens (tertiary/aromatic N) is 1. The Morgan fingerprint density at radius 1 is 1.06 bits per heavy atom. The second-order valence-corrected chi connectivity index (χ2v) is 5.49. The lowest BCUT2D eigenvalue weighted by Gasteiger charge is -2.09. The van der Waals surface area contributed by atoms with Crippen LogP contribution in [0.1, 0.15) is 27.4 Å². The Balaban J connectivity index is 2.69. The molecular formula is C14H16NS. The quantitative estimate of drug-likeness (QED) is 0.714. The molecule has 0 amide bonds. The van der Waals surface area contributed by atoms with Gasteiger partial charge in [-0.15, -0.1) is 11.3 Å². The molecule has 0 aliphatic rings. The van der Waals surface area contributed by atoms with Crippen LogP contribution in [0.2, 0.25) is 0 Å². The van der Waals surface area contributed by atoms with Crippen LogP contribution in [-0.4, -0.2) is 4.98 Å². The SMILES string of the molecule is [CH2]c1nc(C)sc1-c1c(C)cc(C)cc1C. The van der Waals surface area contributed by atoms with E-state index in [4.69, 9.17) is 0 Å².